The zero-order chi connectivity index (χ0) is 7.84. The van der Waals surface area contributed by atoms with Crippen molar-refractivity contribution in [2.24, 2.45) is 5.92 Å². The van der Waals surface area contributed by atoms with Crippen LogP contribution in [0.2, 0.25) is 0 Å². The summed E-state index contributed by atoms with van der Waals surface area (Å²) in [6.45, 7) is 0. The summed E-state index contributed by atoms with van der Waals surface area (Å²) in [6.07, 6.45) is 2.55. The van der Waals surface area contributed by atoms with Crippen molar-refractivity contribution in [1.82, 2.24) is 4.98 Å². The second-order valence-corrected chi connectivity index (χ2v) is 3.61. The van der Waals surface area contributed by atoms with Crippen LogP contribution in [0.25, 0.3) is 0 Å². The molecule has 0 aliphatic heterocycles. The van der Waals surface area contributed by atoms with Gasteiger partial charge >= 0.3 is 5.97 Å². The van der Waals surface area contributed by atoms with Crippen LogP contribution in [0.5, 0.6) is 0 Å². The van der Waals surface area contributed by atoms with Crippen molar-refractivity contribution in [2.75, 3.05) is 0 Å². The minimum absolute atomic E-state index is 0.143. The maximum absolute atomic E-state index is 10.5. The Kier molecular flexibility index (Phi) is 1.42. The molecule has 0 spiro atoms. The van der Waals surface area contributed by atoms with Gasteiger partial charge in [0.15, 0.2) is 0 Å². The summed E-state index contributed by atoms with van der Waals surface area (Å²) in [4.78, 5) is 15.5. The lowest BCUT2D eigenvalue weighted by Crippen LogP contribution is -1.97. The topological polar surface area (TPSA) is 50.2 Å². The summed E-state index contributed by atoms with van der Waals surface area (Å²) >= 11 is 1.54. The minimum Gasteiger partial charge on any atom is -0.481 e. The number of carboxylic acids is 1. The number of thiazole rings is 1. The molecule has 1 aliphatic carbocycles. The van der Waals surface area contributed by atoms with Crippen molar-refractivity contribution >= 4 is 17.3 Å². The summed E-state index contributed by atoms with van der Waals surface area (Å²) in [5.74, 6) is -0.571. The molecule has 0 bridgehead atoms. The Morgan fingerprint density at radius 3 is 3.09 bits per heavy atom. The molecule has 1 saturated carbocycles. The molecule has 1 aromatic rings. The molecule has 0 saturated heterocycles. The average molecular weight is 169 g/mol. The van der Waals surface area contributed by atoms with Gasteiger partial charge in [0.1, 0.15) is 0 Å². The second kappa shape index (κ2) is 2.30. The average Bonchev–Trinajstić information content (AvgIpc) is 2.60. The van der Waals surface area contributed by atoms with E-state index in [2.05, 4.69) is 4.98 Å². The molecule has 1 aliphatic rings. The molecule has 2 rings (SSSR count). The van der Waals surface area contributed by atoms with Gasteiger partial charge in [-0.25, -0.2) is 0 Å². The van der Waals surface area contributed by atoms with Crippen molar-refractivity contribution < 1.29 is 9.90 Å². The number of nitrogens with zero attached hydrogens (tertiary/aromatic N) is 1. The highest BCUT2D eigenvalue weighted by molar-refractivity contribution is 7.09. The fraction of sp³-hybridized carbons (Fsp3) is 0.429. The summed E-state index contributed by atoms with van der Waals surface area (Å²) in [7, 11) is 0. The normalized spacial score (nSPS) is 28.4. The standard InChI is InChI=1S/C7H7NO2S/c9-7(10)5-1-4(5)6-2-8-3-11-6/h2-5H,1H2,(H,9,10)/t4-,5-/m1/s1. The van der Waals surface area contributed by atoms with E-state index in [-0.39, 0.29) is 11.8 Å². The van der Waals surface area contributed by atoms with Crippen molar-refractivity contribution in [2.45, 2.75) is 12.3 Å². The third-order valence-electron chi connectivity index (χ3n) is 1.92. The van der Waals surface area contributed by atoms with E-state index in [1.165, 1.54) is 0 Å². The third-order valence-corrected chi connectivity index (χ3v) is 2.83. The van der Waals surface area contributed by atoms with Gasteiger partial charge in [-0.1, -0.05) is 0 Å². The summed E-state index contributed by atoms with van der Waals surface area (Å²) in [6, 6.07) is 0. The van der Waals surface area contributed by atoms with E-state index in [1.54, 1.807) is 23.0 Å². The Morgan fingerprint density at radius 2 is 2.64 bits per heavy atom. The highest BCUT2D eigenvalue weighted by atomic mass is 32.1. The monoisotopic (exact) mass is 169 g/mol. The smallest absolute Gasteiger partial charge is 0.307 e. The van der Waals surface area contributed by atoms with Crippen LogP contribution in [0.15, 0.2) is 11.7 Å². The van der Waals surface area contributed by atoms with Crippen LogP contribution in [0, 0.1) is 5.92 Å². The second-order valence-electron chi connectivity index (χ2n) is 2.69. The Bertz CT molecular complexity index is 270. The highest BCUT2D eigenvalue weighted by Crippen LogP contribution is 2.48. The van der Waals surface area contributed by atoms with E-state index in [4.69, 9.17) is 5.11 Å². The van der Waals surface area contributed by atoms with E-state index in [0.717, 1.165) is 11.3 Å². The summed E-state index contributed by atoms with van der Waals surface area (Å²) in [5, 5.41) is 8.61. The third kappa shape index (κ3) is 1.14. The fourth-order valence-electron chi connectivity index (χ4n) is 1.19. The van der Waals surface area contributed by atoms with E-state index in [9.17, 15) is 4.79 Å². The number of hydrogen-bond acceptors (Lipinski definition) is 3. The molecule has 1 aromatic heterocycles. The Labute approximate surface area is 67.7 Å². The lowest BCUT2D eigenvalue weighted by molar-refractivity contribution is -0.138. The van der Waals surface area contributed by atoms with Gasteiger partial charge in [-0.05, 0) is 6.42 Å². The lowest BCUT2D eigenvalue weighted by Gasteiger charge is -1.87. The Hall–Kier alpha value is -0.900. The lowest BCUT2D eigenvalue weighted by atomic mass is 10.3. The molecule has 0 unspecified atom stereocenters. The van der Waals surface area contributed by atoms with Gasteiger partial charge in [-0.2, -0.15) is 0 Å². The van der Waals surface area contributed by atoms with Gasteiger partial charge in [-0.15, -0.1) is 11.3 Å². The molecule has 3 nitrogen and oxygen atoms in total. The van der Waals surface area contributed by atoms with Crippen LogP contribution < -0.4 is 0 Å². The van der Waals surface area contributed by atoms with Crippen LogP contribution in [0.4, 0.5) is 0 Å². The molecule has 11 heavy (non-hydrogen) atoms. The predicted octanol–water partition coefficient (Wildman–Crippen LogP) is 1.33. The molecule has 4 heteroatoms. The zero-order valence-electron chi connectivity index (χ0n) is 5.73. The maximum atomic E-state index is 10.5. The van der Waals surface area contributed by atoms with Crippen molar-refractivity contribution in [1.29, 1.82) is 0 Å². The number of rotatable bonds is 2. The first-order valence-electron chi connectivity index (χ1n) is 3.40. The van der Waals surface area contributed by atoms with Crippen LogP contribution in [0.3, 0.4) is 0 Å². The van der Waals surface area contributed by atoms with Gasteiger partial charge in [0.05, 0.1) is 11.4 Å². The number of aromatic nitrogens is 1. The summed E-state index contributed by atoms with van der Waals surface area (Å²) < 4.78 is 0. The molecular weight excluding hydrogens is 162 g/mol. The first-order chi connectivity index (χ1) is 5.29. The quantitative estimate of drug-likeness (QED) is 0.726. The maximum Gasteiger partial charge on any atom is 0.307 e. The van der Waals surface area contributed by atoms with E-state index in [0.29, 0.717) is 0 Å². The minimum atomic E-state index is -0.677. The van der Waals surface area contributed by atoms with Crippen molar-refractivity contribution in [3.05, 3.63) is 16.6 Å². The van der Waals surface area contributed by atoms with Gasteiger partial charge < -0.3 is 5.11 Å². The van der Waals surface area contributed by atoms with Crippen LogP contribution in [0.1, 0.15) is 17.2 Å². The predicted molar refractivity (Wildman–Crippen MR) is 40.6 cm³/mol. The summed E-state index contributed by atoms with van der Waals surface area (Å²) in [5.41, 5.74) is 1.74. The van der Waals surface area contributed by atoms with Crippen molar-refractivity contribution in [3.63, 3.8) is 0 Å². The first-order valence-corrected chi connectivity index (χ1v) is 4.28. The first kappa shape index (κ1) is 6.79. The molecule has 58 valence electrons. The van der Waals surface area contributed by atoms with Gasteiger partial charge in [0, 0.05) is 17.0 Å². The highest BCUT2D eigenvalue weighted by Gasteiger charge is 2.44. The van der Waals surface area contributed by atoms with Crippen LogP contribution >= 0.6 is 11.3 Å². The van der Waals surface area contributed by atoms with Crippen LogP contribution in [-0.2, 0) is 4.79 Å². The van der Waals surface area contributed by atoms with Gasteiger partial charge in [-0.3, -0.25) is 9.78 Å². The molecule has 1 N–H and O–H groups in total. The van der Waals surface area contributed by atoms with Crippen molar-refractivity contribution in [3.8, 4) is 0 Å². The van der Waals surface area contributed by atoms with Crippen LogP contribution in [-0.4, -0.2) is 16.1 Å². The molecule has 1 fully saturated rings. The van der Waals surface area contributed by atoms with Gasteiger partial charge in [0.25, 0.3) is 0 Å². The number of aliphatic carboxylic acids is 1. The molecular formula is C7H7NO2S. The molecule has 2 atom stereocenters. The molecule has 0 amide bonds. The molecule has 1 heterocycles. The Balaban J connectivity index is 2.08. The number of hydrogen-bond donors (Lipinski definition) is 1. The largest absolute Gasteiger partial charge is 0.481 e. The molecule has 0 aromatic carbocycles. The molecule has 0 radical (unpaired) electrons. The fourth-order valence-corrected chi connectivity index (χ4v) is 1.99. The van der Waals surface area contributed by atoms with E-state index >= 15 is 0 Å². The zero-order valence-corrected chi connectivity index (χ0v) is 6.54. The Morgan fingerprint density at radius 1 is 1.82 bits per heavy atom. The number of carbonyl (C=O) groups is 1. The number of carboxylic acid groups (broad SMARTS) is 1. The van der Waals surface area contributed by atoms with E-state index < -0.39 is 5.97 Å². The van der Waals surface area contributed by atoms with E-state index in [1.807, 2.05) is 0 Å². The van der Waals surface area contributed by atoms with Gasteiger partial charge in [0.2, 0.25) is 0 Å². The SMILES string of the molecule is O=C(O)[C@@H]1C[C@H]1c1cncs1.